The summed E-state index contributed by atoms with van der Waals surface area (Å²) in [6.07, 6.45) is 0.389. The van der Waals surface area contributed by atoms with Crippen molar-refractivity contribution in [2.45, 2.75) is 18.2 Å². The zero-order chi connectivity index (χ0) is 16.0. The van der Waals surface area contributed by atoms with Gasteiger partial charge < -0.3 is 5.11 Å². The summed E-state index contributed by atoms with van der Waals surface area (Å²) in [5.74, 6) is -0.800. The highest BCUT2D eigenvalue weighted by molar-refractivity contribution is 7.88. The molecule has 0 unspecified atom stereocenters. The summed E-state index contributed by atoms with van der Waals surface area (Å²) in [4.78, 5) is 0. The van der Waals surface area contributed by atoms with Crippen LogP contribution in [0.1, 0.15) is 11.1 Å². The second kappa shape index (κ2) is 7.49. The molecule has 0 aromatic heterocycles. The van der Waals surface area contributed by atoms with Gasteiger partial charge in [0.25, 0.3) is 0 Å². The minimum Gasteiger partial charge on any atom is -0.395 e. The first-order valence-corrected chi connectivity index (χ1v) is 8.53. The Bertz CT molecular complexity index is 704. The van der Waals surface area contributed by atoms with Crippen LogP contribution in [0.4, 0.5) is 4.39 Å². The van der Waals surface area contributed by atoms with E-state index < -0.39 is 21.9 Å². The second-order valence-corrected chi connectivity index (χ2v) is 6.83. The number of rotatable bonds is 7. The molecular formula is C16H18FNO3S. The molecule has 2 aromatic carbocycles. The third-order valence-corrected chi connectivity index (χ3v) is 4.54. The van der Waals surface area contributed by atoms with Gasteiger partial charge in [0.2, 0.25) is 10.0 Å². The Kier molecular flexibility index (Phi) is 5.65. The molecule has 0 aliphatic heterocycles. The molecule has 6 heteroatoms. The third kappa shape index (κ3) is 5.22. The molecular weight excluding hydrogens is 305 g/mol. The monoisotopic (exact) mass is 323 g/mol. The third-order valence-electron chi connectivity index (χ3n) is 3.14. The van der Waals surface area contributed by atoms with Crippen molar-refractivity contribution < 1.29 is 17.9 Å². The summed E-state index contributed by atoms with van der Waals surface area (Å²) < 4.78 is 39.8. The highest BCUT2D eigenvalue weighted by Crippen LogP contribution is 2.09. The van der Waals surface area contributed by atoms with E-state index in [0.717, 1.165) is 5.56 Å². The number of halogens is 1. The summed E-state index contributed by atoms with van der Waals surface area (Å²) in [5.41, 5.74) is 1.29. The zero-order valence-electron chi connectivity index (χ0n) is 11.9. The van der Waals surface area contributed by atoms with Crippen molar-refractivity contribution in [2.75, 3.05) is 6.61 Å². The van der Waals surface area contributed by atoms with Crippen LogP contribution >= 0.6 is 0 Å². The summed E-state index contributed by atoms with van der Waals surface area (Å²) in [6, 6.07) is 14.1. The Balaban J connectivity index is 2.02. The van der Waals surface area contributed by atoms with E-state index in [9.17, 15) is 17.9 Å². The number of benzene rings is 2. The van der Waals surface area contributed by atoms with Gasteiger partial charge in [0.1, 0.15) is 5.82 Å². The van der Waals surface area contributed by atoms with Gasteiger partial charge in [0.05, 0.1) is 12.4 Å². The molecule has 2 N–H and O–H groups in total. The number of sulfonamides is 1. The molecule has 0 fully saturated rings. The normalized spacial score (nSPS) is 13.0. The maximum atomic E-state index is 13.1. The topological polar surface area (TPSA) is 66.4 Å². The smallest absolute Gasteiger partial charge is 0.216 e. The van der Waals surface area contributed by atoms with Crippen LogP contribution in [0.25, 0.3) is 0 Å². The van der Waals surface area contributed by atoms with Crippen LogP contribution in [-0.4, -0.2) is 26.2 Å². The number of hydrogen-bond acceptors (Lipinski definition) is 3. The number of aliphatic hydroxyl groups excluding tert-OH is 1. The first-order valence-electron chi connectivity index (χ1n) is 6.88. The van der Waals surface area contributed by atoms with E-state index in [2.05, 4.69) is 4.72 Å². The van der Waals surface area contributed by atoms with Gasteiger partial charge in [-0.2, -0.15) is 0 Å². The highest BCUT2D eigenvalue weighted by Gasteiger charge is 2.18. The van der Waals surface area contributed by atoms with Crippen LogP contribution in [-0.2, 0) is 22.2 Å². The zero-order valence-corrected chi connectivity index (χ0v) is 12.8. The van der Waals surface area contributed by atoms with Crippen molar-refractivity contribution in [1.29, 1.82) is 0 Å². The first-order chi connectivity index (χ1) is 10.5. The molecule has 1 atom stereocenters. The van der Waals surface area contributed by atoms with Gasteiger partial charge in [-0.15, -0.1) is 0 Å². The van der Waals surface area contributed by atoms with Gasteiger partial charge >= 0.3 is 0 Å². The van der Waals surface area contributed by atoms with E-state index in [1.165, 1.54) is 18.2 Å². The van der Waals surface area contributed by atoms with Gasteiger partial charge in [-0.1, -0.05) is 42.5 Å². The molecule has 0 heterocycles. The van der Waals surface area contributed by atoms with E-state index in [0.29, 0.717) is 12.0 Å². The predicted molar refractivity (Wildman–Crippen MR) is 83.2 cm³/mol. The Morgan fingerprint density at radius 1 is 1.05 bits per heavy atom. The standard InChI is InChI=1S/C16H18FNO3S/c17-15-8-4-7-14(9-15)12-22(20,21)18-16(11-19)10-13-5-2-1-3-6-13/h1-9,16,18-19H,10-12H2/t16-/m0/s1. The fourth-order valence-corrected chi connectivity index (χ4v) is 3.55. The van der Waals surface area contributed by atoms with Gasteiger partial charge in [-0.05, 0) is 29.7 Å². The maximum absolute atomic E-state index is 13.1. The SMILES string of the molecule is O=S(=O)(Cc1cccc(F)c1)N[C@H](CO)Cc1ccccc1. The maximum Gasteiger partial charge on any atom is 0.216 e. The molecule has 2 rings (SSSR count). The first kappa shape index (κ1) is 16.6. The number of hydrogen-bond donors (Lipinski definition) is 2. The van der Waals surface area contributed by atoms with Crippen LogP contribution in [0.3, 0.4) is 0 Å². The second-order valence-electron chi connectivity index (χ2n) is 5.08. The molecule has 0 aliphatic rings. The quantitative estimate of drug-likeness (QED) is 0.817. The molecule has 22 heavy (non-hydrogen) atoms. The lowest BCUT2D eigenvalue weighted by molar-refractivity contribution is 0.256. The molecule has 118 valence electrons. The molecule has 0 amide bonds. The molecule has 2 aromatic rings. The Labute approximate surface area is 129 Å². The summed E-state index contributed by atoms with van der Waals surface area (Å²) >= 11 is 0. The van der Waals surface area contributed by atoms with E-state index >= 15 is 0 Å². The van der Waals surface area contributed by atoms with Crippen molar-refractivity contribution in [3.8, 4) is 0 Å². The Morgan fingerprint density at radius 2 is 1.73 bits per heavy atom. The molecule has 0 saturated carbocycles. The molecule has 0 aliphatic carbocycles. The average molecular weight is 323 g/mol. The van der Waals surface area contributed by atoms with Crippen molar-refractivity contribution in [1.82, 2.24) is 4.72 Å². The van der Waals surface area contributed by atoms with E-state index in [1.807, 2.05) is 30.3 Å². The van der Waals surface area contributed by atoms with E-state index in [1.54, 1.807) is 6.07 Å². The lowest BCUT2D eigenvalue weighted by Gasteiger charge is -2.16. The summed E-state index contributed by atoms with van der Waals surface area (Å²) in [6.45, 7) is -0.308. The number of nitrogens with one attached hydrogen (secondary N) is 1. The van der Waals surface area contributed by atoms with Crippen LogP contribution in [0, 0.1) is 5.82 Å². The van der Waals surface area contributed by atoms with Gasteiger partial charge in [0.15, 0.2) is 0 Å². The highest BCUT2D eigenvalue weighted by atomic mass is 32.2. The van der Waals surface area contributed by atoms with Crippen LogP contribution in [0.5, 0.6) is 0 Å². The Hall–Kier alpha value is -1.76. The summed E-state index contributed by atoms with van der Waals surface area (Å²) in [7, 11) is -3.66. The molecule has 0 saturated heterocycles. The lowest BCUT2D eigenvalue weighted by atomic mass is 10.1. The fourth-order valence-electron chi connectivity index (χ4n) is 2.18. The van der Waals surface area contributed by atoms with Crippen molar-refractivity contribution in [2.24, 2.45) is 0 Å². The van der Waals surface area contributed by atoms with E-state index in [4.69, 9.17) is 0 Å². The van der Waals surface area contributed by atoms with Crippen LogP contribution in [0.15, 0.2) is 54.6 Å². The molecule has 0 radical (unpaired) electrons. The van der Waals surface area contributed by atoms with Gasteiger partial charge in [-0.3, -0.25) is 0 Å². The van der Waals surface area contributed by atoms with Gasteiger partial charge in [-0.25, -0.2) is 17.5 Å². The molecule has 4 nitrogen and oxygen atoms in total. The van der Waals surface area contributed by atoms with Crippen molar-refractivity contribution in [3.63, 3.8) is 0 Å². The average Bonchev–Trinajstić information content (AvgIpc) is 2.47. The van der Waals surface area contributed by atoms with Crippen LogP contribution in [0.2, 0.25) is 0 Å². The minimum atomic E-state index is -3.66. The predicted octanol–water partition coefficient (Wildman–Crippen LogP) is 1.85. The number of aliphatic hydroxyl groups is 1. The molecule has 0 bridgehead atoms. The van der Waals surface area contributed by atoms with Crippen molar-refractivity contribution in [3.05, 3.63) is 71.5 Å². The van der Waals surface area contributed by atoms with Crippen LogP contribution < -0.4 is 4.72 Å². The van der Waals surface area contributed by atoms with Crippen molar-refractivity contribution >= 4 is 10.0 Å². The summed E-state index contributed by atoms with van der Waals surface area (Å²) in [5, 5.41) is 9.37. The van der Waals surface area contributed by atoms with E-state index in [-0.39, 0.29) is 12.4 Å². The Morgan fingerprint density at radius 3 is 2.36 bits per heavy atom. The largest absolute Gasteiger partial charge is 0.395 e. The fraction of sp³-hybridized carbons (Fsp3) is 0.250. The minimum absolute atomic E-state index is 0.308. The lowest BCUT2D eigenvalue weighted by Crippen LogP contribution is -2.39. The van der Waals surface area contributed by atoms with Gasteiger partial charge in [0, 0.05) is 6.04 Å². The molecule has 0 spiro atoms.